The summed E-state index contributed by atoms with van der Waals surface area (Å²) in [5, 5.41) is 0. The summed E-state index contributed by atoms with van der Waals surface area (Å²) in [7, 11) is 0. The first-order valence-electron chi connectivity index (χ1n) is 4.17. The van der Waals surface area contributed by atoms with Crippen LogP contribution in [0.4, 0.5) is 8.78 Å². The Morgan fingerprint density at radius 1 is 1.33 bits per heavy atom. The molecule has 0 aromatic heterocycles. The van der Waals surface area contributed by atoms with Crippen LogP contribution in [0.2, 0.25) is 0 Å². The van der Waals surface area contributed by atoms with Crippen molar-refractivity contribution in [3.05, 3.63) is 36.0 Å². The maximum atomic E-state index is 11.6. The third kappa shape index (κ3) is 3.46. The average Bonchev–Trinajstić information content (AvgIpc) is 2.05. The molecule has 0 N–H and O–H groups in total. The van der Waals surface area contributed by atoms with Gasteiger partial charge in [-0.15, -0.1) is 0 Å². The van der Waals surface area contributed by atoms with Crippen molar-refractivity contribution in [3.8, 4) is 0 Å². The molecule has 0 aliphatic heterocycles. The molecule has 0 atom stereocenters. The van der Waals surface area contributed by atoms with Gasteiger partial charge < -0.3 is 0 Å². The van der Waals surface area contributed by atoms with Crippen LogP contribution in [0.25, 0.3) is 0 Å². The first-order chi connectivity index (χ1) is 5.79. The van der Waals surface area contributed by atoms with E-state index in [2.05, 4.69) is 6.08 Å². The van der Waals surface area contributed by atoms with Gasteiger partial charge in [-0.3, -0.25) is 0 Å². The van der Waals surface area contributed by atoms with Crippen molar-refractivity contribution in [3.63, 3.8) is 0 Å². The molecule has 0 bridgehead atoms. The number of hydrogen-bond donors (Lipinski definition) is 0. The van der Waals surface area contributed by atoms with E-state index >= 15 is 0 Å². The van der Waals surface area contributed by atoms with Crippen molar-refractivity contribution in [2.75, 3.05) is 0 Å². The smallest absolute Gasteiger partial charge is 0.173 e. The van der Waals surface area contributed by atoms with E-state index in [1.54, 1.807) is 6.08 Å². The Bertz CT molecular complexity index is 220. The summed E-state index contributed by atoms with van der Waals surface area (Å²) in [6, 6.07) is 0. The summed E-state index contributed by atoms with van der Waals surface area (Å²) in [4.78, 5) is 0. The Kier molecular flexibility index (Phi) is 3.71. The zero-order valence-electron chi connectivity index (χ0n) is 6.89. The van der Waals surface area contributed by atoms with Crippen molar-refractivity contribution < 1.29 is 8.78 Å². The van der Waals surface area contributed by atoms with E-state index in [4.69, 9.17) is 0 Å². The van der Waals surface area contributed by atoms with E-state index in [-0.39, 0.29) is 0 Å². The lowest BCUT2D eigenvalue weighted by atomic mass is 9.99. The highest BCUT2D eigenvalue weighted by atomic mass is 19.3. The number of halogens is 2. The van der Waals surface area contributed by atoms with E-state index in [0.717, 1.165) is 18.9 Å². The maximum absolute atomic E-state index is 11.6. The van der Waals surface area contributed by atoms with Gasteiger partial charge in [0.2, 0.25) is 0 Å². The van der Waals surface area contributed by atoms with Crippen LogP contribution in [-0.4, -0.2) is 0 Å². The molecule has 0 heterocycles. The molecule has 0 aromatic carbocycles. The van der Waals surface area contributed by atoms with Crippen molar-refractivity contribution in [2.45, 2.75) is 25.7 Å². The number of hydrogen-bond acceptors (Lipinski definition) is 0. The molecule has 0 nitrogen and oxygen atoms in total. The van der Waals surface area contributed by atoms with Crippen LogP contribution in [0.3, 0.4) is 0 Å². The molecule has 0 saturated heterocycles. The molecule has 0 unspecified atom stereocenters. The molecule has 2 heteroatoms. The lowest BCUT2D eigenvalue weighted by molar-refractivity contribution is 0.422. The Labute approximate surface area is 71.3 Å². The lowest BCUT2D eigenvalue weighted by Crippen LogP contribution is -1.87. The SMILES string of the molecule is FC(F)=C/C=C/C1=CCCCC1. The minimum absolute atomic E-state index is 0.829. The van der Waals surface area contributed by atoms with Crippen molar-refractivity contribution in [2.24, 2.45) is 0 Å². The van der Waals surface area contributed by atoms with Crippen LogP contribution in [0.15, 0.2) is 36.0 Å². The standard InChI is InChI=1S/C10H12F2/c11-10(12)8-4-7-9-5-2-1-3-6-9/h4-5,7-8H,1-3,6H2/b7-4+. The topological polar surface area (TPSA) is 0 Å². The van der Waals surface area contributed by atoms with Gasteiger partial charge in [0.05, 0.1) is 0 Å². The molecule has 0 amide bonds. The van der Waals surface area contributed by atoms with Crippen molar-refractivity contribution in [1.82, 2.24) is 0 Å². The van der Waals surface area contributed by atoms with Gasteiger partial charge >= 0.3 is 0 Å². The maximum Gasteiger partial charge on any atom is 0.270 e. The average molecular weight is 170 g/mol. The Morgan fingerprint density at radius 3 is 2.75 bits per heavy atom. The fraction of sp³-hybridized carbons (Fsp3) is 0.400. The molecule has 1 rings (SSSR count). The Hall–Kier alpha value is -0.920. The summed E-state index contributed by atoms with van der Waals surface area (Å²) in [5.41, 5.74) is 1.18. The van der Waals surface area contributed by atoms with E-state index in [1.165, 1.54) is 24.5 Å². The van der Waals surface area contributed by atoms with Crippen LogP contribution >= 0.6 is 0 Å². The normalized spacial score (nSPS) is 17.7. The van der Waals surface area contributed by atoms with Gasteiger partial charge in [0, 0.05) is 6.08 Å². The van der Waals surface area contributed by atoms with Crippen LogP contribution < -0.4 is 0 Å². The van der Waals surface area contributed by atoms with Crippen molar-refractivity contribution >= 4 is 0 Å². The highest BCUT2D eigenvalue weighted by Gasteiger charge is 1.98. The Morgan fingerprint density at radius 2 is 2.17 bits per heavy atom. The van der Waals surface area contributed by atoms with Gasteiger partial charge in [0.15, 0.2) is 0 Å². The molecule has 1 aliphatic rings. The van der Waals surface area contributed by atoms with E-state index < -0.39 is 6.08 Å². The molecule has 0 spiro atoms. The molecule has 12 heavy (non-hydrogen) atoms. The van der Waals surface area contributed by atoms with Crippen LogP contribution in [0.1, 0.15) is 25.7 Å². The summed E-state index contributed by atoms with van der Waals surface area (Å²) in [6.07, 6.45) is 9.00. The fourth-order valence-electron chi connectivity index (χ4n) is 1.26. The molecule has 0 radical (unpaired) electrons. The molecular formula is C10H12F2. The second-order valence-corrected chi connectivity index (χ2v) is 2.84. The molecule has 0 aromatic rings. The van der Waals surface area contributed by atoms with E-state index in [9.17, 15) is 8.78 Å². The predicted molar refractivity (Wildman–Crippen MR) is 46.0 cm³/mol. The summed E-state index contributed by atoms with van der Waals surface area (Å²) >= 11 is 0. The first kappa shape index (κ1) is 9.17. The quantitative estimate of drug-likeness (QED) is 0.552. The van der Waals surface area contributed by atoms with Gasteiger partial charge in [0.1, 0.15) is 0 Å². The van der Waals surface area contributed by atoms with Crippen molar-refractivity contribution in [1.29, 1.82) is 0 Å². The second kappa shape index (κ2) is 4.86. The Balaban J connectivity index is 2.44. The minimum atomic E-state index is -1.64. The fourth-order valence-corrected chi connectivity index (χ4v) is 1.26. The highest BCUT2D eigenvalue weighted by Crippen LogP contribution is 2.18. The molecule has 66 valence electrons. The molecular weight excluding hydrogens is 158 g/mol. The monoisotopic (exact) mass is 170 g/mol. The van der Waals surface area contributed by atoms with Gasteiger partial charge in [-0.1, -0.05) is 23.8 Å². The van der Waals surface area contributed by atoms with Gasteiger partial charge in [-0.05, 0) is 25.7 Å². The van der Waals surface area contributed by atoms with Crippen LogP contribution in [0.5, 0.6) is 0 Å². The third-order valence-electron chi connectivity index (χ3n) is 1.86. The molecule has 1 aliphatic carbocycles. The van der Waals surface area contributed by atoms with Gasteiger partial charge in [0.25, 0.3) is 6.08 Å². The number of rotatable bonds is 2. The first-order valence-corrected chi connectivity index (χ1v) is 4.17. The molecule has 0 saturated carbocycles. The van der Waals surface area contributed by atoms with Gasteiger partial charge in [-0.2, -0.15) is 8.78 Å². The lowest BCUT2D eigenvalue weighted by Gasteiger charge is -2.07. The van der Waals surface area contributed by atoms with E-state index in [1.807, 2.05) is 0 Å². The number of allylic oxidation sites excluding steroid dienone is 5. The minimum Gasteiger partial charge on any atom is -0.173 e. The summed E-state index contributed by atoms with van der Waals surface area (Å²) in [5.74, 6) is 0. The van der Waals surface area contributed by atoms with E-state index in [0.29, 0.717) is 0 Å². The molecule has 0 fully saturated rings. The summed E-state index contributed by atoms with van der Waals surface area (Å²) in [6.45, 7) is 0. The zero-order valence-corrected chi connectivity index (χ0v) is 6.89. The van der Waals surface area contributed by atoms with Crippen LogP contribution in [0, 0.1) is 0 Å². The largest absolute Gasteiger partial charge is 0.270 e. The third-order valence-corrected chi connectivity index (χ3v) is 1.86. The van der Waals surface area contributed by atoms with Gasteiger partial charge in [-0.25, -0.2) is 0 Å². The second-order valence-electron chi connectivity index (χ2n) is 2.84. The predicted octanol–water partition coefficient (Wildman–Crippen LogP) is 3.82. The highest BCUT2D eigenvalue weighted by molar-refractivity contribution is 5.23. The zero-order chi connectivity index (χ0) is 8.81. The summed E-state index contributed by atoms with van der Waals surface area (Å²) < 4.78 is 23.2. The van der Waals surface area contributed by atoms with Crippen LogP contribution in [-0.2, 0) is 0 Å².